The fraction of sp³-hybridized carbons (Fsp3) is 0.611. The Morgan fingerprint density at radius 2 is 1.89 bits per heavy atom. The number of nitrogen functional groups attached to an aromatic ring is 1. The second-order valence-corrected chi connectivity index (χ2v) is 6.69. The Hall–Kier alpha value is -2.23. The molecule has 4 heterocycles. The smallest absolute Gasteiger partial charge is 0.199 e. The predicted molar refractivity (Wildman–Crippen MR) is 98.2 cm³/mol. The van der Waals surface area contributed by atoms with Gasteiger partial charge in [0.25, 0.3) is 0 Å². The summed E-state index contributed by atoms with van der Waals surface area (Å²) in [7, 11) is 0. The highest BCUT2D eigenvalue weighted by molar-refractivity contribution is 5.83. The van der Waals surface area contributed by atoms with Crippen molar-refractivity contribution < 1.29 is 18.9 Å². The molecule has 2 aromatic heterocycles. The van der Waals surface area contributed by atoms with E-state index in [-0.39, 0.29) is 12.6 Å². The van der Waals surface area contributed by atoms with Crippen molar-refractivity contribution >= 4 is 22.7 Å². The molecule has 2 aliphatic heterocycles. The first kappa shape index (κ1) is 18.1. The van der Waals surface area contributed by atoms with E-state index >= 15 is 0 Å². The minimum atomic E-state index is -0.242. The molecule has 0 aliphatic carbocycles. The Labute approximate surface area is 157 Å². The molecule has 0 bridgehead atoms. The van der Waals surface area contributed by atoms with E-state index in [1.807, 2.05) is 0 Å². The first-order valence-electron chi connectivity index (χ1n) is 9.44. The normalized spacial score (nSPS) is 24.2. The van der Waals surface area contributed by atoms with E-state index in [0.29, 0.717) is 23.6 Å². The van der Waals surface area contributed by atoms with Gasteiger partial charge in [-0.2, -0.15) is 0 Å². The summed E-state index contributed by atoms with van der Waals surface area (Å²) in [6, 6.07) is 0. The third-order valence-corrected chi connectivity index (χ3v) is 4.72. The molecule has 2 N–H and O–H groups in total. The molecule has 4 rings (SSSR count). The molecule has 9 nitrogen and oxygen atoms in total. The van der Waals surface area contributed by atoms with E-state index in [0.717, 1.165) is 57.4 Å². The predicted octanol–water partition coefficient (Wildman–Crippen LogP) is 2.29. The summed E-state index contributed by atoms with van der Waals surface area (Å²) in [5.41, 5.74) is 7.81. The Morgan fingerprint density at radius 1 is 1.11 bits per heavy atom. The highest BCUT2D eigenvalue weighted by atomic mass is 16.7. The molecule has 2 atom stereocenters. The van der Waals surface area contributed by atoms with Crippen LogP contribution in [-0.2, 0) is 18.9 Å². The van der Waals surface area contributed by atoms with Crippen molar-refractivity contribution in [2.24, 2.45) is 0 Å². The van der Waals surface area contributed by atoms with E-state index in [1.165, 1.54) is 6.33 Å². The number of fused-ring (bicyclic) bond motifs is 1. The van der Waals surface area contributed by atoms with Crippen LogP contribution in [0.1, 0.15) is 38.5 Å². The maximum atomic E-state index is 5.95. The van der Waals surface area contributed by atoms with Gasteiger partial charge in [-0.25, -0.2) is 15.0 Å². The molecule has 0 radical (unpaired) electrons. The quantitative estimate of drug-likeness (QED) is 0.767. The maximum absolute atomic E-state index is 5.95. The number of nitrogens with zero attached hydrogens (tertiary/aromatic N) is 4. The summed E-state index contributed by atoms with van der Waals surface area (Å²) >= 11 is 0. The molecule has 2 aromatic rings. The topological polar surface area (TPSA) is 107 Å². The van der Waals surface area contributed by atoms with Crippen LogP contribution in [0.4, 0.5) is 5.82 Å². The SMILES string of the molecule is Nc1ncnc2c1ncn2/C(=C\OC1CCCCO1)COC1CCCCO1. The van der Waals surface area contributed by atoms with Crippen molar-refractivity contribution in [3.63, 3.8) is 0 Å². The molecular formula is C18H25N5O4. The van der Waals surface area contributed by atoms with Gasteiger partial charge in [0.1, 0.15) is 18.9 Å². The van der Waals surface area contributed by atoms with E-state index in [1.54, 1.807) is 17.2 Å². The first-order valence-corrected chi connectivity index (χ1v) is 9.44. The third-order valence-electron chi connectivity index (χ3n) is 4.72. The van der Waals surface area contributed by atoms with E-state index in [4.69, 9.17) is 24.7 Å². The average molecular weight is 375 g/mol. The Bertz CT molecular complexity index is 781. The van der Waals surface area contributed by atoms with Crippen LogP contribution >= 0.6 is 0 Å². The number of hydrogen-bond acceptors (Lipinski definition) is 8. The van der Waals surface area contributed by atoms with Gasteiger partial charge in [0, 0.05) is 13.0 Å². The Kier molecular flexibility index (Phi) is 5.81. The van der Waals surface area contributed by atoms with Gasteiger partial charge in [-0.3, -0.25) is 4.57 Å². The zero-order valence-electron chi connectivity index (χ0n) is 15.2. The highest BCUT2D eigenvalue weighted by Crippen LogP contribution is 2.22. The van der Waals surface area contributed by atoms with Crippen LogP contribution < -0.4 is 5.73 Å². The van der Waals surface area contributed by atoms with Crippen LogP contribution in [0.5, 0.6) is 0 Å². The number of nitrogens with two attached hydrogens (primary N) is 1. The lowest BCUT2D eigenvalue weighted by Crippen LogP contribution is -2.24. The van der Waals surface area contributed by atoms with Gasteiger partial charge in [0.2, 0.25) is 0 Å². The standard InChI is InChI=1S/C18H25N5O4/c19-17-16-18(21-11-20-17)23(12-22-16)13(9-26-14-5-1-3-7-24-14)10-27-15-6-2-4-8-25-15/h9,11-12,14-15H,1-8,10H2,(H2,19,20,21)/b13-9-. The van der Waals surface area contributed by atoms with Crippen molar-refractivity contribution in [1.29, 1.82) is 0 Å². The van der Waals surface area contributed by atoms with E-state index < -0.39 is 0 Å². The molecule has 2 unspecified atom stereocenters. The molecule has 9 heteroatoms. The molecule has 2 fully saturated rings. The third kappa shape index (κ3) is 4.37. The highest BCUT2D eigenvalue weighted by Gasteiger charge is 2.19. The van der Waals surface area contributed by atoms with Gasteiger partial charge in [0.15, 0.2) is 29.6 Å². The maximum Gasteiger partial charge on any atom is 0.199 e. The van der Waals surface area contributed by atoms with Crippen LogP contribution in [-0.4, -0.2) is 51.9 Å². The van der Waals surface area contributed by atoms with Gasteiger partial charge >= 0.3 is 0 Å². The number of imidazole rings is 1. The van der Waals surface area contributed by atoms with Gasteiger partial charge < -0.3 is 24.7 Å². The monoisotopic (exact) mass is 375 g/mol. The molecule has 27 heavy (non-hydrogen) atoms. The van der Waals surface area contributed by atoms with Crippen LogP contribution in [0, 0.1) is 0 Å². The van der Waals surface area contributed by atoms with Gasteiger partial charge in [-0.05, 0) is 32.1 Å². The minimum absolute atomic E-state index is 0.206. The number of ether oxygens (including phenoxy) is 4. The Balaban J connectivity index is 1.54. The molecule has 0 amide bonds. The lowest BCUT2D eigenvalue weighted by Gasteiger charge is -2.24. The average Bonchev–Trinajstić information content (AvgIpc) is 3.15. The summed E-state index contributed by atoms with van der Waals surface area (Å²) in [6.07, 6.45) is 10.4. The van der Waals surface area contributed by atoms with Crippen molar-refractivity contribution in [3.8, 4) is 0 Å². The molecule has 0 saturated carbocycles. The van der Waals surface area contributed by atoms with Crippen molar-refractivity contribution in [1.82, 2.24) is 19.5 Å². The first-order chi connectivity index (χ1) is 13.3. The van der Waals surface area contributed by atoms with Crippen molar-refractivity contribution in [2.75, 3.05) is 25.6 Å². The van der Waals surface area contributed by atoms with Crippen LogP contribution in [0.25, 0.3) is 16.9 Å². The second-order valence-electron chi connectivity index (χ2n) is 6.69. The van der Waals surface area contributed by atoms with E-state index in [2.05, 4.69) is 15.0 Å². The summed E-state index contributed by atoms with van der Waals surface area (Å²) in [6.45, 7) is 1.75. The summed E-state index contributed by atoms with van der Waals surface area (Å²) in [4.78, 5) is 12.6. The van der Waals surface area contributed by atoms with Gasteiger partial charge in [0.05, 0.1) is 18.9 Å². The largest absolute Gasteiger partial charge is 0.471 e. The van der Waals surface area contributed by atoms with E-state index in [9.17, 15) is 0 Å². The van der Waals surface area contributed by atoms with Crippen molar-refractivity contribution in [2.45, 2.75) is 51.1 Å². The number of hydrogen-bond donors (Lipinski definition) is 1. The number of anilines is 1. The zero-order valence-corrected chi connectivity index (χ0v) is 15.2. The molecule has 0 aromatic carbocycles. The molecule has 0 spiro atoms. The van der Waals surface area contributed by atoms with Crippen LogP contribution in [0.15, 0.2) is 18.9 Å². The van der Waals surface area contributed by atoms with Gasteiger partial charge in [-0.1, -0.05) is 0 Å². The second kappa shape index (κ2) is 8.64. The minimum Gasteiger partial charge on any atom is -0.471 e. The number of rotatable bonds is 6. The molecule has 2 saturated heterocycles. The molecule has 2 aliphatic rings. The van der Waals surface area contributed by atoms with Crippen LogP contribution in [0.2, 0.25) is 0 Å². The number of aromatic nitrogens is 4. The Morgan fingerprint density at radius 3 is 2.63 bits per heavy atom. The fourth-order valence-corrected chi connectivity index (χ4v) is 3.22. The summed E-state index contributed by atoms with van der Waals surface area (Å²) < 4.78 is 24.9. The zero-order chi connectivity index (χ0) is 18.5. The molecule has 146 valence electrons. The summed E-state index contributed by atoms with van der Waals surface area (Å²) in [5, 5.41) is 0. The lowest BCUT2D eigenvalue weighted by atomic mass is 10.2. The van der Waals surface area contributed by atoms with Crippen LogP contribution in [0.3, 0.4) is 0 Å². The molecular weight excluding hydrogens is 350 g/mol. The fourth-order valence-electron chi connectivity index (χ4n) is 3.22. The van der Waals surface area contributed by atoms with Gasteiger partial charge in [-0.15, -0.1) is 0 Å². The summed E-state index contributed by atoms with van der Waals surface area (Å²) in [5.74, 6) is 0.339. The lowest BCUT2D eigenvalue weighted by molar-refractivity contribution is -0.155. The van der Waals surface area contributed by atoms with Crippen molar-refractivity contribution in [3.05, 3.63) is 18.9 Å².